The van der Waals surface area contributed by atoms with E-state index >= 15 is 0 Å². The number of nitrogens with one attached hydrogen (secondary N) is 1. The molecule has 0 aromatic heterocycles. The van der Waals surface area contributed by atoms with E-state index < -0.39 is 6.04 Å². The number of benzene rings is 3. The number of amides is 2. The molecule has 5 heteroatoms. The predicted molar refractivity (Wildman–Crippen MR) is 148 cm³/mol. The Bertz CT molecular complexity index is 1110. The molecule has 1 atom stereocenters. The maximum atomic E-state index is 13.8. The van der Waals surface area contributed by atoms with Gasteiger partial charge in [-0.1, -0.05) is 92.1 Å². The first-order chi connectivity index (χ1) is 17.6. The second-order valence-corrected chi connectivity index (χ2v) is 10.6. The van der Waals surface area contributed by atoms with E-state index in [1.165, 1.54) is 18.2 Å². The van der Waals surface area contributed by atoms with Crippen LogP contribution in [0.4, 0.5) is 0 Å². The number of thioether (sulfide) groups is 1. The first kappa shape index (κ1) is 26.0. The molecule has 0 spiro atoms. The highest BCUT2D eigenvalue weighted by Gasteiger charge is 2.32. The van der Waals surface area contributed by atoms with E-state index in [1.54, 1.807) is 0 Å². The molecule has 3 aromatic carbocycles. The highest BCUT2D eigenvalue weighted by Crippen LogP contribution is 2.23. The predicted octanol–water partition coefficient (Wildman–Crippen LogP) is 6.18. The summed E-state index contributed by atoms with van der Waals surface area (Å²) in [4.78, 5) is 30.4. The zero-order valence-corrected chi connectivity index (χ0v) is 21.9. The fourth-order valence-electron chi connectivity index (χ4n) is 4.81. The number of rotatable bonds is 10. The van der Waals surface area contributed by atoms with E-state index in [4.69, 9.17) is 0 Å². The molecule has 0 saturated heterocycles. The van der Waals surface area contributed by atoms with E-state index in [0.29, 0.717) is 13.0 Å². The number of carbonyl (C=O) groups is 2. The van der Waals surface area contributed by atoms with Crippen molar-refractivity contribution in [3.8, 4) is 0 Å². The van der Waals surface area contributed by atoms with Crippen LogP contribution in [0.25, 0.3) is 0 Å². The van der Waals surface area contributed by atoms with Crippen molar-refractivity contribution in [2.24, 2.45) is 0 Å². The number of carbonyl (C=O) groups excluding carboxylic acids is 2. The molecule has 1 aliphatic rings. The summed E-state index contributed by atoms with van der Waals surface area (Å²) in [6, 6.07) is 27.7. The fourth-order valence-corrected chi connectivity index (χ4v) is 5.62. The number of aryl methyl sites for hydroxylation is 1. The van der Waals surface area contributed by atoms with E-state index in [2.05, 4.69) is 24.4 Å². The van der Waals surface area contributed by atoms with Gasteiger partial charge >= 0.3 is 0 Å². The van der Waals surface area contributed by atoms with Crippen molar-refractivity contribution in [3.05, 3.63) is 102 Å². The highest BCUT2D eigenvalue weighted by molar-refractivity contribution is 8.00. The second-order valence-electron chi connectivity index (χ2n) is 9.60. The molecule has 188 valence electrons. The molecule has 0 aliphatic heterocycles. The lowest BCUT2D eigenvalue weighted by Crippen LogP contribution is -2.53. The van der Waals surface area contributed by atoms with Crippen molar-refractivity contribution in [1.82, 2.24) is 10.2 Å². The molecule has 0 heterocycles. The maximum absolute atomic E-state index is 13.8. The van der Waals surface area contributed by atoms with Crippen molar-refractivity contribution in [2.45, 2.75) is 69.0 Å². The number of hydrogen-bond acceptors (Lipinski definition) is 3. The summed E-state index contributed by atoms with van der Waals surface area (Å²) in [5, 5.41) is 3.31. The van der Waals surface area contributed by atoms with Gasteiger partial charge in [0.15, 0.2) is 0 Å². The molecule has 1 saturated carbocycles. The van der Waals surface area contributed by atoms with Crippen LogP contribution in [0.3, 0.4) is 0 Å². The van der Waals surface area contributed by atoms with Crippen LogP contribution in [0.1, 0.15) is 48.8 Å². The largest absolute Gasteiger partial charge is 0.352 e. The van der Waals surface area contributed by atoms with E-state index in [0.717, 1.165) is 47.3 Å². The zero-order chi connectivity index (χ0) is 25.2. The summed E-state index contributed by atoms with van der Waals surface area (Å²) in [7, 11) is 0. The molecule has 0 bridgehead atoms. The van der Waals surface area contributed by atoms with Crippen LogP contribution in [0.2, 0.25) is 0 Å². The molecule has 2 amide bonds. The summed E-state index contributed by atoms with van der Waals surface area (Å²) in [6.45, 7) is 2.47. The van der Waals surface area contributed by atoms with Gasteiger partial charge in [0.25, 0.3) is 0 Å². The Kier molecular flexibility index (Phi) is 9.62. The van der Waals surface area contributed by atoms with Crippen molar-refractivity contribution >= 4 is 23.6 Å². The lowest BCUT2D eigenvalue weighted by atomic mass is 9.94. The van der Waals surface area contributed by atoms with E-state index in [-0.39, 0.29) is 23.6 Å². The lowest BCUT2D eigenvalue weighted by molar-refractivity contribution is -0.139. The summed E-state index contributed by atoms with van der Waals surface area (Å²) < 4.78 is 0. The molecule has 1 fully saturated rings. The van der Waals surface area contributed by atoms with Gasteiger partial charge in [-0.05, 0) is 48.6 Å². The van der Waals surface area contributed by atoms with Crippen LogP contribution in [-0.2, 0) is 22.6 Å². The molecule has 3 aromatic rings. The third-order valence-corrected chi connectivity index (χ3v) is 7.93. The Morgan fingerprint density at radius 1 is 0.889 bits per heavy atom. The third-order valence-electron chi connectivity index (χ3n) is 6.93. The monoisotopic (exact) mass is 500 g/mol. The third kappa shape index (κ3) is 7.47. The van der Waals surface area contributed by atoms with Gasteiger partial charge in [0.05, 0.1) is 5.75 Å². The van der Waals surface area contributed by atoms with Crippen molar-refractivity contribution in [1.29, 1.82) is 0 Å². The van der Waals surface area contributed by atoms with Crippen LogP contribution >= 0.6 is 11.8 Å². The maximum Gasteiger partial charge on any atom is 0.243 e. The Balaban J connectivity index is 1.61. The SMILES string of the molecule is Cc1ccccc1CN(C(=O)CSc1ccccc1)C(Cc1ccccc1)C(=O)NC1CCCCC1. The summed E-state index contributed by atoms with van der Waals surface area (Å²) in [5.41, 5.74) is 3.25. The van der Waals surface area contributed by atoms with E-state index in [9.17, 15) is 9.59 Å². The van der Waals surface area contributed by atoms with Crippen LogP contribution in [0.5, 0.6) is 0 Å². The first-order valence-corrected chi connectivity index (χ1v) is 13.9. The van der Waals surface area contributed by atoms with Gasteiger partial charge in [0, 0.05) is 23.9 Å². The molecule has 0 radical (unpaired) electrons. The number of nitrogens with zero attached hydrogens (tertiary/aromatic N) is 1. The van der Waals surface area contributed by atoms with Gasteiger partial charge < -0.3 is 10.2 Å². The fraction of sp³-hybridized carbons (Fsp3) is 0.355. The van der Waals surface area contributed by atoms with Crippen LogP contribution in [0, 0.1) is 6.92 Å². The molecule has 1 N–H and O–H groups in total. The summed E-state index contributed by atoms with van der Waals surface area (Å²) in [5.74, 6) is 0.224. The zero-order valence-electron chi connectivity index (χ0n) is 21.1. The van der Waals surface area contributed by atoms with E-state index in [1.807, 2.05) is 77.7 Å². The topological polar surface area (TPSA) is 49.4 Å². The van der Waals surface area contributed by atoms with Crippen LogP contribution in [0.15, 0.2) is 89.8 Å². The minimum Gasteiger partial charge on any atom is -0.352 e. The quantitative estimate of drug-likeness (QED) is 0.338. The minimum atomic E-state index is -0.571. The summed E-state index contributed by atoms with van der Waals surface area (Å²) in [6.07, 6.45) is 6.04. The molecular weight excluding hydrogens is 464 g/mol. The molecule has 1 unspecified atom stereocenters. The van der Waals surface area contributed by atoms with Gasteiger partial charge in [-0.2, -0.15) is 0 Å². The van der Waals surface area contributed by atoms with Crippen molar-refractivity contribution in [3.63, 3.8) is 0 Å². The Morgan fingerprint density at radius 2 is 1.53 bits per heavy atom. The van der Waals surface area contributed by atoms with Gasteiger partial charge in [-0.25, -0.2) is 0 Å². The van der Waals surface area contributed by atoms with Gasteiger partial charge in [0.2, 0.25) is 11.8 Å². The average molecular weight is 501 g/mol. The van der Waals surface area contributed by atoms with Crippen molar-refractivity contribution in [2.75, 3.05) is 5.75 Å². The lowest BCUT2D eigenvalue weighted by Gasteiger charge is -2.33. The molecular formula is C31H36N2O2S. The molecule has 36 heavy (non-hydrogen) atoms. The minimum absolute atomic E-state index is 0.0215. The normalized spacial score (nSPS) is 14.7. The van der Waals surface area contributed by atoms with Gasteiger partial charge in [-0.3, -0.25) is 9.59 Å². The molecule has 4 nitrogen and oxygen atoms in total. The number of hydrogen-bond donors (Lipinski definition) is 1. The standard InChI is InChI=1S/C31H36N2O2S/c1-24-13-11-12-16-26(24)22-33(30(34)23-36-28-19-9-4-10-20-28)29(21-25-14-5-2-6-15-25)31(35)32-27-17-7-3-8-18-27/h2,4-6,9-16,19-20,27,29H,3,7-8,17-18,21-23H2,1H3,(H,32,35). The Hall–Kier alpha value is -3.05. The van der Waals surface area contributed by atoms with Gasteiger partial charge in [0.1, 0.15) is 6.04 Å². The highest BCUT2D eigenvalue weighted by atomic mass is 32.2. The van der Waals surface area contributed by atoms with Crippen LogP contribution < -0.4 is 5.32 Å². The molecule has 1 aliphatic carbocycles. The first-order valence-electron chi connectivity index (χ1n) is 13.0. The smallest absolute Gasteiger partial charge is 0.243 e. The second kappa shape index (κ2) is 13.3. The Labute approximate surface area is 219 Å². The van der Waals surface area contributed by atoms with Gasteiger partial charge in [-0.15, -0.1) is 11.8 Å². The molecule has 4 rings (SSSR count). The van der Waals surface area contributed by atoms with Crippen LogP contribution in [-0.4, -0.2) is 34.6 Å². The summed E-state index contributed by atoms with van der Waals surface area (Å²) >= 11 is 1.52. The Morgan fingerprint density at radius 3 is 2.22 bits per heavy atom. The average Bonchev–Trinajstić information content (AvgIpc) is 2.92. The van der Waals surface area contributed by atoms with Crippen molar-refractivity contribution < 1.29 is 9.59 Å².